The van der Waals surface area contributed by atoms with Crippen molar-refractivity contribution in [3.8, 4) is 0 Å². The van der Waals surface area contributed by atoms with Crippen molar-refractivity contribution >= 4 is 6.08 Å². The first-order chi connectivity index (χ1) is 13.0. The van der Waals surface area contributed by atoms with Gasteiger partial charge in [-0.1, -0.05) is 43.3 Å². The second kappa shape index (κ2) is 10.3. The van der Waals surface area contributed by atoms with Crippen LogP contribution in [0.25, 0.3) is 6.08 Å². The molecule has 2 nitrogen and oxygen atoms in total. The van der Waals surface area contributed by atoms with Crippen molar-refractivity contribution in [1.82, 2.24) is 0 Å². The molecule has 2 aromatic rings. The number of hydrogen-bond donors (Lipinski definition) is 2. The van der Waals surface area contributed by atoms with Gasteiger partial charge in [-0.2, -0.15) is 26.3 Å². The van der Waals surface area contributed by atoms with Crippen molar-refractivity contribution in [2.75, 3.05) is 6.61 Å². The van der Waals surface area contributed by atoms with Crippen LogP contribution in [-0.4, -0.2) is 16.8 Å². The molecule has 0 saturated carbocycles. The summed E-state index contributed by atoms with van der Waals surface area (Å²) in [5.74, 6) is 0. The maximum absolute atomic E-state index is 12.3. The van der Waals surface area contributed by atoms with Crippen molar-refractivity contribution in [3.63, 3.8) is 0 Å². The molecule has 1 atom stereocenters. The minimum atomic E-state index is -4.34. The Labute approximate surface area is 158 Å². The lowest BCUT2D eigenvalue weighted by atomic mass is 10.0. The van der Waals surface area contributed by atoms with Gasteiger partial charge in [-0.15, -0.1) is 0 Å². The number of alkyl halides is 6. The van der Waals surface area contributed by atoms with E-state index in [4.69, 9.17) is 5.11 Å². The van der Waals surface area contributed by atoms with Gasteiger partial charge in [0, 0.05) is 0 Å². The number of halogens is 6. The van der Waals surface area contributed by atoms with Gasteiger partial charge in [0.1, 0.15) is 0 Å². The number of aliphatic hydroxyl groups is 2. The highest BCUT2D eigenvalue weighted by molar-refractivity contribution is 5.50. The van der Waals surface area contributed by atoms with E-state index in [0.29, 0.717) is 17.5 Å². The van der Waals surface area contributed by atoms with Crippen LogP contribution >= 0.6 is 0 Å². The van der Waals surface area contributed by atoms with Crippen molar-refractivity contribution < 1.29 is 36.6 Å². The van der Waals surface area contributed by atoms with E-state index in [0.717, 1.165) is 24.3 Å². The second-order valence-corrected chi connectivity index (χ2v) is 5.76. The fraction of sp³-hybridized carbons (Fsp3) is 0.300. The van der Waals surface area contributed by atoms with Gasteiger partial charge in [-0.05, 0) is 41.8 Å². The van der Waals surface area contributed by atoms with Crippen molar-refractivity contribution in [2.24, 2.45) is 0 Å². The van der Waals surface area contributed by atoms with Crippen molar-refractivity contribution in [1.29, 1.82) is 0 Å². The Morgan fingerprint density at radius 2 is 1.43 bits per heavy atom. The van der Waals surface area contributed by atoms with Crippen LogP contribution in [0.5, 0.6) is 0 Å². The van der Waals surface area contributed by atoms with Crippen LogP contribution in [0.15, 0.2) is 54.6 Å². The Morgan fingerprint density at radius 1 is 0.893 bits per heavy atom. The van der Waals surface area contributed by atoms with E-state index in [-0.39, 0.29) is 6.61 Å². The molecule has 2 aromatic carbocycles. The van der Waals surface area contributed by atoms with Gasteiger partial charge >= 0.3 is 12.4 Å². The van der Waals surface area contributed by atoms with Crippen molar-refractivity contribution in [3.05, 3.63) is 76.9 Å². The average Bonchev–Trinajstić information content (AvgIpc) is 2.65. The lowest BCUT2D eigenvalue weighted by Gasteiger charge is -2.11. The van der Waals surface area contributed by atoms with Crippen LogP contribution < -0.4 is 0 Å². The lowest BCUT2D eigenvalue weighted by Crippen LogP contribution is -2.06. The topological polar surface area (TPSA) is 40.5 Å². The van der Waals surface area contributed by atoms with E-state index in [1.807, 2.05) is 0 Å². The third-order valence-electron chi connectivity index (χ3n) is 3.62. The highest BCUT2D eigenvalue weighted by Gasteiger charge is 2.31. The molecular weight excluding hydrogens is 386 g/mol. The minimum absolute atomic E-state index is 0.184. The smallest absolute Gasteiger partial charge is 0.392 e. The molecule has 8 heteroatoms. The van der Waals surface area contributed by atoms with Crippen LogP contribution in [0, 0.1) is 0 Å². The Kier molecular flexibility index (Phi) is 8.71. The largest absolute Gasteiger partial charge is 0.416 e. The van der Waals surface area contributed by atoms with E-state index in [1.54, 1.807) is 13.0 Å². The third kappa shape index (κ3) is 7.74. The van der Waals surface area contributed by atoms with Gasteiger partial charge in [-0.25, -0.2) is 0 Å². The Morgan fingerprint density at radius 3 is 1.93 bits per heavy atom. The first kappa shape index (κ1) is 23.7. The number of rotatable bonds is 4. The van der Waals surface area contributed by atoms with Gasteiger partial charge in [0.25, 0.3) is 0 Å². The van der Waals surface area contributed by atoms with E-state index in [2.05, 4.69) is 0 Å². The Hall–Kier alpha value is -2.32. The molecule has 0 fully saturated rings. The van der Waals surface area contributed by atoms with Crippen LogP contribution in [0.1, 0.15) is 41.7 Å². The molecule has 0 radical (unpaired) electrons. The van der Waals surface area contributed by atoms with Crippen LogP contribution in [-0.2, 0) is 12.4 Å². The Bertz CT molecular complexity index is 766. The fourth-order valence-electron chi connectivity index (χ4n) is 2.17. The molecule has 0 aromatic heterocycles. The first-order valence-electron chi connectivity index (χ1n) is 8.29. The monoisotopic (exact) mass is 406 g/mol. The Balaban J connectivity index is 0.000000280. The maximum Gasteiger partial charge on any atom is 0.416 e. The van der Waals surface area contributed by atoms with Crippen LogP contribution in [0.2, 0.25) is 0 Å². The van der Waals surface area contributed by atoms with Crippen LogP contribution in [0.3, 0.4) is 0 Å². The third-order valence-corrected chi connectivity index (χ3v) is 3.62. The van der Waals surface area contributed by atoms with E-state index in [1.165, 1.54) is 30.4 Å². The summed E-state index contributed by atoms with van der Waals surface area (Å²) in [5, 5.41) is 17.8. The average molecular weight is 406 g/mol. The standard InChI is InChI=1S/C10H9F3O.C10H11F3O/c11-10(12,13)9-5-1-3-8(7-9)4-2-6-14;1-2-9(14)7-4-3-5-8(6-7)10(11,12)13/h1-5,7,14H,6H2;3-6,9,14H,2H2,1H3. The van der Waals surface area contributed by atoms with Gasteiger partial charge < -0.3 is 10.2 Å². The summed E-state index contributed by atoms with van der Waals surface area (Å²) < 4.78 is 73.4. The summed E-state index contributed by atoms with van der Waals surface area (Å²) in [7, 11) is 0. The van der Waals surface area contributed by atoms with Gasteiger partial charge in [0.2, 0.25) is 0 Å². The van der Waals surface area contributed by atoms with E-state index in [9.17, 15) is 31.4 Å². The molecule has 2 rings (SSSR count). The molecule has 2 N–H and O–H groups in total. The summed E-state index contributed by atoms with van der Waals surface area (Å²) >= 11 is 0. The molecule has 154 valence electrons. The molecular formula is C20H20F6O2. The molecule has 0 spiro atoms. The molecule has 28 heavy (non-hydrogen) atoms. The number of benzene rings is 2. The van der Waals surface area contributed by atoms with Gasteiger partial charge in [0.15, 0.2) is 0 Å². The quantitative estimate of drug-likeness (QED) is 0.625. The fourth-order valence-corrected chi connectivity index (χ4v) is 2.17. The highest BCUT2D eigenvalue weighted by atomic mass is 19.4. The predicted octanol–water partition coefficient (Wildman–Crippen LogP) is 5.86. The lowest BCUT2D eigenvalue weighted by molar-refractivity contribution is -0.138. The molecule has 1 unspecified atom stereocenters. The summed E-state index contributed by atoms with van der Waals surface area (Å²) in [6.45, 7) is 1.53. The molecule has 0 bridgehead atoms. The minimum Gasteiger partial charge on any atom is -0.392 e. The normalized spacial score (nSPS) is 13.2. The SMILES string of the molecule is CCC(O)c1cccc(C(F)(F)F)c1.OCC=Cc1cccc(C(F)(F)F)c1. The molecule has 0 amide bonds. The highest BCUT2D eigenvalue weighted by Crippen LogP contribution is 2.31. The molecule has 0 aliphatic carbocycles. The summed E-state index contributed by atoms with van der Waals surface area (Å²) in [4.78, 5) is 0. The summed E-state index contributed by atoms with van der Waals surface area (Å²) in [6.07, 6.45) is -6.25. The second-order valence-electron chi connectivity index (χ2n) is 5.76. The van der Waals surface area contributed by atoms with Crippen molar-refractivity contribution in [2.45, 2.75) is 31.8 Å². The molecule has 0 aliphatic rings. The zero-order chi connectivity index (χ0) is 21.4. The number of aliphatic hydroxyl groups excluding tert-OH is 2. The first-order valence-corrected chi connectivity index (χ1v) is 8.29. The van der Waals surface area contributed by atoms with Gasteiger partial charge in [0.05, 0.1) is 23.8 Å². The molecule has 0 heterocycles. The van der Waals surface area contributed by atoms with E-state index < -0.39 is 29.6 Å². The summed E-state index contributed by atoms with van der Waals surface area (Å²) in [5.41, 5.74) is -0.670. The number of hydrogen-bond acceptors (Lipinski definition) is 2. The zero-order valence-electron chi connectivity index (χ0n) is 14.9. The summed E-state index contributed by atoms with van der Waals surface area (Å²) in [6, 6.07) is 9.68. The zero-order valence-corrected chi connectivity index (χ0v) is 14.9. The van der Waals surface area contributed by atoms with Crippen LogP contribution in [0.4, 0.5) is 26.3 Å². The van der Waals surface area contributed by atoms with Gasteiger partial charge in [-0.3, -0.25) is 0 Å². The molecule has 0 aliphatic heterocycles. The maximum atomic E-state index is 12.3. The predicted molar refractivity (Wildman–Crippen MR) is 94.3 cm³/mol. The molecule has 0 saturated heterocycles. The van der Waals surface area contributed by atoms with E-state index >= 15 is 0 Å².